The van der Waals surface area contributed by atoms with Crippen molar-refractivity contribution < 1.29 is 23.1 Å². The second-order valence-electron chi connectivity index (χ2n) is 6.94. The third-order valence-electron chi connectivity index (χ3n) is 4.99. The molecule has 1 unspecified atom stereocenters. The van der Waals surface area contributed by atoms with Crippen molar-refractivity contribution in [3.63, 3.8) is 0 Å². The van der Waals surface area contributed by atoms with Gasteiger partial charge in [0.05, 0.1) is 43.7 Å². The number of nitrogens with one attached hydrogen (secondary N) is 1. The molecule has 0 aliphatic carbocycles. The highest BCUT2D eigenvalue weighted by Crippen LogP contribution is 2.45. The standard InChI is InChI=1S/C22H20FN3O4S/c1-13-19(21(28)29-2)20(16-7-3-4-8-17(16)23)26-14(12-31-22(26)25-13)10-18(27)24-11-15-6-5-9-30-15/h3-9,12,20H,10-11H2,1-2H3,(H,24,27). The number of halogens is 1. The Morgan fingerprint density at radius 3 is 2.81 bits per heavy atom. The van der Waals surface area contributed by atoms with Crippen LogP contribution in [0, 0.1) is 5.82 Å². The molecule has 0 saturated heterocycles. The van der Waals surface area contributed by atoms with Gasteiger partial charge in [-0.15, -0.1) is 0 Å². The van der Waals surface area contributed by atoms with Gasteiger partial charge >= 0.3 is 5.97 Å². The molecule has 160 valence electrons. The van der Waals surface area contributed by atoms with E-state index >= 15 is 0 Å². The number of thioether (sulfide) groups is 1. The molecular formula is C22H20FN3O4S. The molecule has 2 aliphatic rings. The number of methoxy groups -OCH3 is 1. The van der Waals surface area contributed by atoms with Crippen LogP contribution < -0.4 is 5.32 Å². The SMILES string of the molecule is COC(=O)C1=C(C)N=C2SC=C(CC(=O)NCc3ccco3)N2C1c1ccccc1F. The van der Waals surface area contributed by atoms with Crippen LogP contribution >= 0.6 is 11.8 Å². The predicted octanol–water partition coefficient (Wildman–Crippen LogP) is 3.87. The molecule has 9 heteroatoms. The fourth-order valence-corrected chi connectivity index (χ4v) is 4.52. The van der Waals surface area contributed by atoms with E-state index in [1.54, 1.807) is 47.6 Å². The molecule has 1 aromatic carbocycles. The van der Waals surface area contributed by atoms with Crippen LogP contribution in [0.2, 0.25) is 0 Å². The fraction of sp³-hybridized carbons (Fsp3) is 0.227. The predicted molar refractivity (Wildman–Crippen MR) is 114 cm³/mol. The van der Waals surface area contributed by atoms with Crippen molar-refractivity contribution in [3.8, 4) is 0 Å². The highest BCUT2D eigenvalue weighted by molar-refractivity contribution is 8.16. The summed E-state index contributed by atoms with van der Waals surface area (Å²) in [4.78, 5) is 31.4. The minimum atomic E-state index is -0.791. The van der Waals surface area contributed by atoms with E-state index in [0.29, 0.717) is 27.9 Å². The number of rotatable bonds is 6. The van der Waals surface area contributed by atoms with Gasteiger partial charge in [0, 0.05) is 11.3 Å². The number of ether oxygens (including phenoxy) is 1. The second kappa shape index (κ2) is 8.81. The molecule has 2 aromatic rings. The molecule has 7 nitrogen and oxygen atoms in total. The minimum Gasteiger partial charge on any atom is -0.467 e. The monoisotopic (exact) mass is 441 g/mol. The van der Waals surface area contributed by atoms with Gasteiger partial charge in [0.15, 0.2) is 5.17 Å². The highest BCUT2D eigenvalue weighted by Gasteiger charge is 2.41. The zero-order valence-corrected chi connectivity index (χ0v) is 17.7. The third-order valence-corrected chi connectivity index (χ3v) is 5.88. The maximum absolute atomic E-state index is 14.8. The molecule has 31 heavy (non-hydrogen) atoms. The Labute approximate surface area is 182 Å². The van der Waals surface area contributed by atoms with Gasteiger partial charge < -0.3 is 19.4 Å². The van der Waals surface area contributed by atoms with Crippen molar-refractivity contribution in [2.45, 2.75) is 25.9 Å². The fourth-order valence-electron chi connectivity index (χ4n) is 3.56. The average molecular weight is 441 g/mol. The number of nitrogens with zero attached hydrogens (tertiary/aromatic N) is 2. The van der Waals surface area contributed by atoms with Crippen LogP contribution in [0.1, 0.15) is 30.7 Å². The summed E-state index contributed by atoms with van der Waals surface area (Å²) < 4.78 is 25.0. The summed E-state index contributed by atoms with van der Waals surface area (Å²) in [5.74, 6) is -0.643. The smallest absolute Gasteiger partial charge is 0.338 e. The maximum atomic E-state index is 14.8. The van der Waals surface area contributed by atoms with E-state index in [2.05, 4.69) is 10.3 Å². The van der Waals surface area contributed by atoms with Crippen molar-refractivity contribution in [2.75, 3.05) is 7.11 Å². The number of hydrogen-bond donors (Lipinski definition) is 1. The number of hydrogen-bond acceptors (Lipinski definition) is 7. The number of fused-ring (bicyclic) bond motifs is 1. The summed E-state index contributed by atoms with van der Waals surface area (Å²) in [5.41, 5.74) is 1.61. The molecule has 1 aromatic heterocycles. The molecule has 4 rings (SSSR count). The molecule has 1 N–H and O–H groups in total. The first kappa shape index (κ1) is 20.9. The van der Waals surface area contributed by atoms with Crippen molar-refractivity contribution in [1.29, 1.82) is 0 Å². The summed E-state index contributed by atoms with van der Waals surface area (Å²) in [5, 5.41) is 5.17. The lowest BCUT2D eigenvalue weighted by atomic mass is 9.93. The van der Waals surface area contributed by atoms with Crippen molar-refractivity contribution in [1.82, 2.24) is 10.2 Å². The van der Waals surface area contributed by atoms with E-state index in [1.807, 2.05) is 0 Å². The molecule has 1 amide bonds. The van der Waals surface area contributed by atoms with Crippen LogP contribution in [-0.4, -0.2) is 29.1 Å². The molecule has 1 atom stereocenters. The van der Waals surface area contributed by atoms with Gasteiger partial charge in [-0.25, -0.2) is 14.2 Å². The molecule has 0 fully saturated rings. The first-order valence-corrected chi connectivity index (χ1v) is 10.4. The lowest BCUT2D eigenvalue weighted by molar-refractivity contribution is -0.136. The molecule has 0 saturated carbocycles. The summed E-state index contributed by atoms with van der Waals surface area (Å²) in [6.07, 6.45) is 1.57. The van der Waals surface area contributed by atoms with E-state index in [4.69, 9.17) is 9.15 Å². The topological polar surface area (TPSA) is 84.1 Å². The van der Waals surface area contributed by atoms with E-state index in [9.17, 15) is 14.0 Å². The lowest BCUT2D eigenvalue weighted by Gasteiger charge is -2.36. The van der Waals surface area contributed by atoms with Gasteiger partial charge in [-0.1, -0.05) is 30.0 Å². The van der Waals surface area contributed by atoms with Crippen LogP contribution in [0.3, 0.4) is 0 Å². The number of esters is 1. The second-order valence-corrected chi connectivity index (χ2v) is 7.78. The first-order valence-electron chi connectivity index (χ1n) is 9.55. The Kier molecular flexibility index (Phi) is 5.94. The molecular weight excluding hydrogens is 421 g/mol. The molecule has 2 aliphatic heterocycles. The van der Waals surface area contributed by atoms with Crippen molar-refractivity contribution >= 4 is 28.8 Å². The van der Waals surface area contributed by atoms with Crippen LogP contribution in [0.25, 0.3) is 0 Å². The zero-order valence-electron chi connectivity index (χ0n) is 16.9. The van der Waals surface area contributed by atoms with E-state index in [-0.39, 0.29) is 24.4 Å². The Morgan fingerprint density at radius 2 is 2.10 bits per heavy atom. The van der Waals surface area contributed by atoms with Crippen LogP contribution in [-0.2, 0) is 20.9 Å². The van der Waals surface area contributed by atoms with E-state index in [1.165, 1.54) is 31.2 Å². The zero-order chi connectivity index (χ0) is 22.0. The average Bonchev–Trinajstić information content (AvgIpc) is 3.41. The number of benzene rings is 1. The molecule has 0 radical (unpaired) electrons. The Hall–Kier alpha value is -3.33. The number of amides is 1. The maximum Gasteiger partial charge on any atom is 0.338 e. The van der Waals surface area contributed by atoms with E-state index in [0.717, 1.165) is 0 Å². The lowest BCUT2D eigenvalue weighted by Crippen LogP contribution is -2.38. The number of carbonyl (C=O) groups is 2. The van der Waals surface area contributed by atoms with E-state index < -0.39 is 17.8 Å². The summed E-state index contributed by atoms with van der Waals surface area (Å²) in [7, 11) is 1.28. The summed E-state index contributed by atoms with van der Waals surface area (Å²) in [6.45, 7) is 1.95. The Balaban J connectivity index is 1.64. The van der Waals surface area contributed by atoms with Crippen LogP contribution in [0.4, 0.5) is 4.39 Å². The van der Waals surface area contributed by atoms with Gasteiger partial charge in [-0.3, -0.25) is 4.79 Å². The Morgan fingerprint density at radius 1 is 1.29 bits per heavy atom. The van der Waals surface area contributed by atoms with Crippen molar-refractivity contribution in [3.05, 3.63) is 82.2 Å². The summed E-state index contributed by atoms with van der Waals surface area (Å²) in [6, 6.07) is 8.98. The number of aliphatic imine (C=N–C) groups is 1. The normalized spacial score (nSPS) is 17.8. The van der Waals surface area contributed by atoms with Gasteiger partial charge in [0.1, 0.15) is 11.6 Å². The molecule has 3 heterocycles. The first-order chi connectivity index (χ1) is 15.0. The van der Waals surface area contributed by atoms with Gasteiger partial charge in [-0.2, -0.15) is 0 Å². The van der Waals surface area contributed by atoms with Gasteiger partial charge in [0.25, 0.3) is 0 Å². The molecule has 0 spiro atoms. The third kappa shape index (κ3) is 4.13. The Bertz CT molecular complexity index is 1110. The quantitative estimate of drug-likeness (QED) is 0.685. The number of furan rings is 1. The number of amidine groups is 1. The number of carbonyl (C=O) groups excluding carboxylic acids is 2. The largest absolute Gasteiger partial charge is 0.467 e. The summed E-state index contributed by atoms with van der Waals surface area (Å²) >= 11 is 1.33. The van der Waals surface area contributed by atoms with Crippen molar-refractivity contribution in [2.24, 2.45) is 4.99 Å². The molecule has 0 bridgehead atoms. The minimum absolute atomic E-state index is 0.0329. The van der Waals surface area contributed by atoms with Gasteiger partial charge in [-0.05, 0) is 30.5 Å². The van der Waals surface area contributed by atoms with Crippen LogP contribution in [0.15, 0.2) is 74.4 Å². The number of allylic oxidation sites excluding steroid dienone is 1. The van der Waals surface area contributed by atoms with Crippen LogP contribution in [0.5, 0.6) is 0 Å². The highest BCUT2D eigenvalue weighted by atomic mass is 32.2. The van der Waals surface area contributed by atoms with Gasteiger partial charge in [0.2, 0.25) is 5.91 Å².